The summed E-state index contributed by atoms with van der Waals surface area (Å²) in [6.45, 7) is 47.6. The van der Waals surface area contributed by atoms with E-state index in [0.717, 1.165) is 42.7 Å². The third-order valence-corrected chi connectivity index (χ3v) is 10.3. The second kappa shape index (κ2) is 19.0. The lowest BCUT2D eigenvalue weighted by molar-refractivity contribution is -0.118. The first-order valence-electron chi connectivity index (χ1n) is 21.1. The largest absolute Gasteiger partial charge is 0.385 e. The molecule has 0 radical (unpaired) electrons. The zero-order valence-corrected chi connectivity index (χ0v) is 39.1. The van der Waals surface area contributed by atoms with E-state index in [1.807, 2.05) is 0 Å². The molecule has 0 aromatic rings. The summed E-state index contributed by atoms with van der Waals surface area (Å²) in [5, 5.41) is 10.5. The lowest BCUT2D eigenvalue weighted by Gasteiger charge is -2.40. The van der Waals surface area contributed by atoms with Gasteiger partial charge in [-0.15, -0.1) is 0 Å². The Morgan fingerprint density at radius 1 is 0.679 bits per heavy atom. The second-order valence-electron chi connectivity index (χ2n) is 22.1. The van der Waals surface area contributed by atoms with E-state index in [-0.39, 0.29) is 33.0 Å². The highest BCUT2D eigenvalue weighted by molar-refractivity contribution is 6.01. The maximum atomic E-state index is 12.5. The van der Waals surface area contributed by atoms with Crippen LogP contribution in [0.2, 0.25) is 0 Å². The van der Waals surface area contributed by atoms with Crippen LogP contribution in [0.4, 0.5) is 0 Å². The number of unbranched alkanes of at least 4 members (excludes halogenated alkanes) is 2. The van der Waals surface area contributed by atoms with Crippen LogP contribution < -0.4 is 16.0 Å². The summed E-state index contributed by atoms with van der Waals surface area (Å²) in [5.41, 5.74) is 11.0. The Morgan fingerprint density at radius 2 is 1.21 bits per heavy atom. The number of carbonyl (C=O) groups is 1. The third kappa shape index (κ3) is 15.8. The Morgan fingerprint density at radius 3 is 1.64 bits per heavy atom. The Hall–Kier alpha value is -2.30. The molecular formula is C48H88N4O. The topological polar surface area (TPSA) is 65.5 Å². The molecule has 5 heteroatoms. The van der Waals surface area contributed by atoms with Gasteiger partial charge in [0, 0.05) is 50.7 Å². The number of dihydropyridines is 1. The van der Waals surface area contributed by atoms with Gasteiger partial charge in [0.05, 0.1) is 12.2 Å². The first-order valence-corrected chi connectivity index (χ1v) is 21.1. The summed E-state index contributed by atoms with van der Waals surface area (Å²) in [6, 6.07) is 0.699. The zero-order chi connectivity index (χ0) is 41.4. The van der Waals surface area contributed by atoms with Gasteiger partial charge in [0.15, 0.2) is 0 Å². The van der Waals surface area contributed by atoms with Gasteiger partial charge in [-0.25, -0.2) is 0 Å². The van der Waals surface area contributed by atoms with Crippen molar-refractivity contribution in [2.75, 3.05) is 6.54 Å². The molecule has 3 aliphatic rings. The van der Waals surface area contributed by atoms with Crippen LogP contribution in [0.5, 0.6) is 0 Å². The summed E-state index contributed by atoms with van der Waals surface area (Å²) in [6.07, 6.45) is 13.2. The molecule has 0 aromatic heterocycles. The number of hydrogen-bond donors (Lipinski definition) is 3. The molecular weight excluding hydrogens is 649 g/mol. The second-order valence-corrected chi connectivity index (χ2v) is 22.1. The van der Waals surface area contributed by atoms with Crippen molar-refractivity contribution in [3.8, 4) is 0 Å². The van der Waals surface area contributed by atoms with Crippen molar-refractivity contribution in [2.45, 2.75) is 209 Å². The van der Waals surface area contributed by atoms with E-state index in [0.29, 0.717) is 18.0 Å². The smallest absolute Gasteiger partial charge is 0.249 e. The van der Waals surface area contributed by atoms with E-state index in [2.05, 4.69) is 167 Å². The minimum Gasteiger partial charge on any atom is -0.385 e. The first-order chi connectivity index (χ1) is 23.8. The Kier molecular flexibility index (Phi) is 17.5. The SMILES string of the molecule is CC1=CCC(C(C)(C)C)=C(C(C)(C)C)N1.CCCCC1=NC(C(C)(C)C)=C(C(C)(C)C)C(=O)NC1.CCCCC1CCC(C(C)(C)C)=C(C(C)(C)C)N1. The van der Waals surface area contributed by atoms with Crippen molar-refractivity contribution in [1.29, 1.82) is 0 Å². The van der Waals surface area contributed by atoms with Crippen LogP contribution >= 0.6 is 0 Å². The van der Waals surface area contributed by atoms with Crippen LogP contribution in [0, 0.1) is 32.5 Å². The molecule has 3 N–H and O–H groups in total. The number of nitrogens with zero attached hydrogens (tertiary/aromatic N) is 1. The molecule has 5 nitrogen and oxygen atoms in total. The van der Waals surface area contributed by atoms with Gasteiger partial charge in [-0.2, -0.15) is 0 Å². The summed E-state index contributed by atoms with van der Waals surface area (Å²) < 4.78 is 0. The molecule has 306 valence electrons. The summed E-state index contributed by atoms with van der Waals surface area (Å²) in [5.74, 6) is 0.0395. The van der Waals surface area contributed by atoms with Crippen LogP contribution in [-0.2, 0) is 4.79 Å². The van der Waals surface area contributed by atoms with E-state index in [4.69, 9.17) is 4.99 Å². The molecule has 0 bridgehead atoms. The van der Waals surface area contributed by atoms with E-state index >= 15 is 0 Å². The molecule has 3 aliphatic heterocycles. The highest BCUT2D eigenvalue weighted by Gasteiger charge is 2.35. The molecule has 0 aliphatic carbocycles. The minimum atomic E-state index is -0.198. The van der Waals surface area contributed by atoms with Crippen LogP contribution in [-0.4, -0.2) is 24.2 Å². The number of amides is 1. The highest BCUT2D eigenvalue weighted by Crippen LogP contribution is 2.42. The molecule has 1 amide bonds. The third-order valence-electron chi connectivity index (χ3n) is 10.3. The Bertz CT molecular complexity index is 1370. The van der Waals surface area contributed by atoms with Crippen LogP contribution in [0.25, 0.3) is 0 Å². The van der Waals surface area contributed by atoms with E-state index in [1.54, 1.807) is 11.1 Å². The van der Waals surface area contributed by atoms with Crippen molar-refractivity contribution in [2.24, 2.45) is 37.5 Å². The van der Waals surface area contributed by atoms with Gasteiger partial charge in [-0.05, 0) is 72.8 Å². The van der Waals surface area contributed by atoms with Crippen LogP contribution in [0.3, 0.4) is 0 Å². The summed E-state index contributed by atoms with van der Waals surface area (Å²) >= 11 is 0. The molecule has 3 rings (SSSR count). The normalized spacial score (nSPS) is 19.5. The van der Waals surface area contributed by atoms with Crippen molar-refractivity contribution >= 4 is 11.6 Å². The molecule has 1 atom stereocenters. The van der Waals surface area contributed by atoms with Crippen molar-refractivity contribution in [3.05, 3.63) is 45.6 Å². The number of nitrogens with one attached hydrogen (secondary N) is 3. The lowest BCUT2D eigenvalue weighted by Crippen LogP contribution is -2.40. The fraction of sp³-hybridized carbons (Fsp3) is 0.792. The van der Waals surface area contributed by atoms with Gasteiger partial charge in [0.2, 0.25) is 5.91 Å². The number of rotatable bonds is 6. The molecule has 0 saturated heterocycles. The molecule has 0 aromatic carbocycles. The molecule has 0 spiro atoms. The van der Waals surface area contributed by atoms with Gasteiger partial charge in [-0.3, -0.25) is 9.79 Å². The number of allylic oxidation sites excluding steroid dienone is 7. The van der Waals surface area contributed by atoms with E-state index in [1.165, 1.54) is 49.2 Å². The maximum Gasteiger partial charge on any atom is 0.249 e. The van der Waals surface area contributed by atoms with Gasteiger partial charge < -0.3 is 16.0 Å². The number of carbonyl (C=O) groups excluding carboxylic acids is 1. The highest BCUT2D eigenvalue weighted by atomic mass is 16.1. The van der Waals surface area contributed by atoms with E-state index in [9.17, 15) is 4.79 Å². The average Bonchev–Trinajstić information content (AvgIpc) is 3.16. The first kappa shape index (κ1) is 48.7. The molecule has 1 unspecified atom stereocenters. The van der Waals surface area contributed by atoms with Crippen molar-refractivity contribution in [1.82, 2.24) is 16.0 Å². The predicted molar refractivity (Wildman–Crippen MR) is 235 cm³/mol. The Balaban J connectivity index is 0.000000401. The van der Waals surface area contributed by atoms with Crippen molar-refractivity contribution in [3.63, 3.8) is 0 Å². The predicted octanol–water partition coefficient (Wildman–Crippen LogP) is 13.6. The van der Waals surface area contributed by atoms with Gasteiger partial charge in [-0.1, -0.05) is 164 Å². The van der Waals surface area contributed by atoms with Crippen LogP contribution in [0.1, 0.15) is 203 Å². The Labute approximate surface area is 330 Å². The fourth-order valence-corrected chi connectivity index (χ4v) is 7.29. The summed E-state index contributed by atoms with van der Waals surface area (Å²) in [4.78, 5) is 17.4. The van der Waals surface area contributed by atoms with E-state index < -0.39 is 0 Å². The molecule has 53 heavy (non-hydrogen) atoms. The number of aliphatic imine (C=N–C) groups is 1. The zero-order valence-electron chi connectivity index (χ0n) is 39.1. The summed E-state index contributed by atoms with van der Waals surface area (Å²) in [7, 11) is 0. The van der Waals surface area contributed by atoms with Crippen LogP contribution in [0.15, 0.2) is 50.6 Å². The quantitative estimate of drug-likeness (QED) is 0.254. The average molecular weight is 737 g/mol. The minimum absolute atomic E-state index is 0.0395. The van der Waals surface area contributed by atoms with Gasteiger partial charge in [0.25, 0.3) is 0 Å². The maximum absolute atomic E-state index is 12.5. The molecule has 3 heterocycles. The van der Waals surface area contributed by atoms with Crippen molar-refractivity contribution < 1.29 is 4.79 Å². The molecule has 0 fully saturated rings. The standard InChI is InChI=1S/C17H30N2O.C17H33N.C14H25N/c1-8-9-10-12-11-18-15(20)13(16(2,3)4)14(19-12)17(5,6)7;1-8-9-10-13-11-12-14(16(2,3)4)15(18-13)17(5,6)7;1-10-8-9-11(13(2,3)4)12(15-10)14(5,6)7/h8-11H2,1-7H3,(H,18,20);13,18H,8-12H2,1-7H3;8,15H,9H2,1-7H3. The van der Waals surface area contributed by atoms with Gasteiger partial charge >= 0.3 is 0 Å². The number of hydrogen-bond acceptors (Lipinski definition) is 4. The molecule has 0 saturated carbocycles. The lowest BCUT2D eigenvalue weighted by atomic mass is 9.74. The van der Waals surface area contributed by atoms with Gasteiger partial charge in [0.1, 0.15) is 0 Å². The fourth-order valence-electron chi connectivity index (χ4n) is 7.29. The monoisotopic (exact) mass is 737 g/mol.